The minimum Gasteiger partial charge on any atom is -0.433 e. The van der Waals surface area contributed by atoms with Gasteiger partial charge in [-0.05, 0) is 43.4 Å². The average molecular weight is 419 g/mol. The number of amides is 1. The van der Waals surface area contributed by atoms with E-state index in [1.807, 2.05) is 0 Å². The van der Waals surface area contributed by atoms with Crippen molar-refractivity contribution in [2.75, 3.05) is 5.32 Å². The van der Waals surface area contributed by atoms with Crippen molar-refractivity contribution in [3.05, 3.63) is 51.4 Å². The molecule has 0 fully saturated rings. The van der Waals surface area contributed by atoms with Crippen molar-refractivity contribution >= 4 is 33.1 Å². The van der Waals surface area contributed by atoms with Crippen molar-refractivity contribution in [2.24, 2.45) is 0 Å². The van der Waals surface area contributed by atoms with Gasteiger partial charge in [-0.3, -0.25) is 14.2 Å². The molecule has 9 heteroatoms. The fraction of sp³-hybridized carbons (Fsp3) is 0.350. The molecule has 0 bridgehead atoms. The van der Waals surface area contributed by atoms with Crippen LogP contribution in [0.5, 0.6) is 5.75 Å². The maximum atomic E-state index is 12.9. The largest absolute Gasteiger partial charge is 0.433 e. The molecule has 152 valence electrons. The number of thiophene rings is 1. The van der Waals surface area contributed by atoms with Gasteiger partial charge in [0.15, 0.2) is 0 Å². The second-order valence-corrected chi connectivity index (χ2v) is 7.89. The first-order valence-corrected chi connectivity index (χ1v) is 10.2. The number of hydrogen-bond acceptors (Lipinski definition) is 5. The first-order valence-electron chi connectivity index (χ1n) is 9.36. The second kappa shape index (κ2) is 8.28. The highest BCUT2D eigenvalue weighted by Gasteiger charge is 2.20. The summed E-state index contributed by atoms with van der Waals surface area (Å²) in [6.45, 7) is -2.84. The lowest BCUT2D eigenvalue weighted by molar-refractivity contribution is -0.116. The minimum absolute atomic E-state index is 0.00241. The van der Waals surface area contributed by atoms with Crippen molar-refractivity contribution in [3.63, 3.8) is 0 Å². The van der Waals surface area contributed by atoms with E-state index in [0.717, 1.165) is 36.1 Å². The molecule has 3 aromatic rings. The van der Waals surface area contributed by atoms with Crippen LogP contribution in [0.2, 0.25) is 0 Å². The monoisotopic (exact) mass is 419 g/mol. The Kier molecular flexibility index (Phi) is 5.57. The zero-order valence-electron chi connectivity index (χ0n) is 15.5. The zero-order valence-corrected chi connectivity index (χ0v) is 16.3. The van der Waals surface area contributed by atoms with Crippen LogP contribution < -0.4 is 15.6 Å². The van der Waals surface area contributed by atoms with Crippen molar-refractivity contribution in [3.8, 4) is 5.75 Å². The third-order valence-corrected chi connectivity index (χ3v) is 6.10. The standard InChI is InChI=1S/C20H19F2N3O3S/c21-20(22)28-14-7-3-2-6-13(14)24-16(26)9-10-25-11-23-18-17(19(25)27)12-5-1-4-8-15(12)29-18/h2-3,6-7,11,20H,1,4-5,8-10H2,(H,24,26). The molecule has 0 saturated heterocycles. The SMILES string of the molecule is O=C(CCn1cnc2sc3c(c2c1=O)CCCC3)Nc1ccccc1OC(F)F. The van der Waals surface area contributed by atoms with Crippen LogP contribution in [0.25, 0.3) is 10.2 Å². The van der Waals surface area contributed by atoms with Crippen LogP contribution in [0.4, 0.5) is 14.5 Å². The molecule has 29 heavy (non-hydrogen) atoms. The molecule has 6 nitrogen and oxygen atoms in total. The van der Waals surface area contributed by atoms with Crippen LogP contribution in [0.15, 0.2) is 35.4 Å². The van der Waals surface area contributed by atoms with E-state index in [1.54, 1.807) is 17.4 Å². The molecule has 0 radical (unpaired) electrons. The highest BCUT2D eigenvalue weighted by atomic mass is 32.1. The van der Waals surface area contributed by atoms with Crippen LogP contribution in [0.3, 0.4) is 0 Å². The van der Waals surface area contributed by atoms with Gasteiger partial charge < -0.3 is 10.1 Å². The van der Waals surface area contributed by atoms with Crippen molar-refractivity contribution in [2.45, 2.75) is 45.3 Å². The van der Waals surface area contributed by atoms with Crippen LogP contribution in [0, 0.1) is 0 Å². The topological polar surface area (TPSA) is 73.2 Å². The molecule has 4 rings (SSSR count). The summed E-state index contributed by atoms with van der Waals surface area (Å²) in [5, 5.41) is 3.23. The number of halogens is 2. The average Bonchev–Trinajstić information content (AvgIpc) is 3.08. The number of ether oxygens (including phenoxy) is 1. The number of rotatable bonds is 6. The number of hydrogen-bond donors (Lipinski definition) is 1. The predicted molar refractivity (Wildman–Crippen MR) is 107 cm³/mol. The Balaban J connectivity index is 1.48. The minimum atomic E-state index is -2.99. The van der Waals surface area contributed by atoms with E-state index in [1.165, 1.54) is 34.0 Å². The Morgan fingerprint density at radius 2 is 2.07 bits per heavy atom. The van der Waals surface area contributed by atoms with E-state index in [4.69, 9.17) is 0 Å². The molecular weight excluding hydrogens is 400 g/mol. The van der Waals surface area contributed by atoms with Gasteiger partial charge in [0, 0.05) is 17.8 Å². The Morgan fingerprint density at radius 1 is 1.28 bits per heavy atom. The number of aryl methyl sites for hydroxylation is 3. The number of alkyl halides is 2. The number of fused-ring (bicyclic) bond motifs is 3. The number of carbonyl (C=O) groups excluding carboxylic acids is 1. The number of aromatic nitrogens is 2. The Labute approximate surface area is 169 Å². The van der Waals surface area contributed by atoms with E-state index >= 15 is 0 Å². The molecule has 1 aromatic carbocycles. The third-order valence-electron chi connectivity index (χ3n) is 4.90. The lowest BCUT2D eigenvalue weighted by Crippen LogP contribution is -2.24. The zero-order chi connectivity index (χ0) is 20.4. The number of nitrogens with zero attached hydrogens (tertiary/aromatic N) is 2. The van der Waals surface area contributed by atoms with Gasteiger partial charge in [-0.15, -0.1) is 11.3 Å². The smallest absolute Gasteiger partial charge is 0.387 e. The molecule has 1 amide bonds. The molecule has 0 saturated carbocycles. The third kappa shape index (κ3) is 4.14. The van der Waals surface area contributed by atoms with Gasteiger partial charge in [-0.1, -0.05) is 12.1 Å². The number of nitrogens with one attached hydrogen (secondary N) is 1. The quantitative estimate of drug-likeness (QED) is 0.656. The van der Waals surface area contributed by atoms with Gasteiger partial charge in [0.05, 0.1) is 17.4 Å². The van der Waals surface area contributed by atoms with E-state index in [2.05, 4.69) is 15.0 Å². The Hall–Kier alpha value is -2.81. The van der Waals surface area contributed by atoms with E-state index in [0.29, 0.717) is 5.39 Å². The maximum absolute atomic E-state index is 12.9. The number of carbonyl (C=O) groups is 1. The summed E-state index contributed by atoms with van der Waals surface area (Å²) in [4.78, 5) is 31.6. The van der Waals surface area contributed by atoms with Crippen LogP contribution in [0.1, 0.15) is 29.7 Å². The number of para-hydroxylation sites is 2. The van der Waals surface area contributed by atoms with Crippen molar-refractivity contribution in [1.29, 1.82) is 0 Å². The van der Waals surface area contributed by atoms with Gasteiger partial charge >= 0.3 is 6.61 Å². The molecule has 1 N–H and O–H groups in total. The van der Waals surface area contributed by atoms with Crippen LogP contribution in [-0.2, 0) is 24.2 Å². The summed E-state index contributed by atoms with van der Waals surface area (Å²) in [7, 11) is 0. The van der Waals surface area contributed by atoms with Gasteiger partial charge in [-0.2, -0.15) is 8.78 Å². The molecule has 2 aromatic heterocycles. The molecular formula is C20H19F2N3O3S. The van der Waals surface area contributed by atoms with Crippen LogP contribution >= 0.6 is 11.3 Å². The molecule has 0 unspecified atom stereocenters. The van der Waals surface area contributed by atoms with Crippen molar-refractivity contribution in [1.82, 2.24) is 9.55 Å². The van der Waals surface area contributed by atoms with Crippen LogP contribution in [-0.4, -0.2) is 22.1 Å². The molecule has 0 aliphatic heterocycles. The fourth-order valence-corrected chi connectivity index (χ4v) is 4.76. The molecule has 1 aliphatic rings. The van der Waals surface area contributed by atoms with Gasteiger partial charge in [-0.25, -0.2) is 4.98 Å². The normalized spacial score (nSPS) is 13.5. The highest BCUT2D eigenvalue weighted by Crippen LogP contribution is 2.33. The van der Waals surface area contributed by atoms with Gasteiger partial charge in [0.2, 0.25) is 5.91 Å². The van der Waals surface area contributed by atoms with Gasteiger partial charge in [0.25, 0.3) is 5.56 Å². The molecule has 0 atom stereocenters. The van der Waals surface area contributed by atoms with E-state index < -0.39 is 12.5 Å². The Morgan fingerprint density at radius 3 is 2.90 bits per heavy atom. The summed E-state index contributed by atoms with van der Waals surface area (Å²) >= 11 is 1.58. The van der Waals surface area contributed by atoms with Crippen molar-refractivity contribution < 1.29 is 18.3 Å². The summed E-state index contributed by atoms with van der Waals surface area (Å²) in [5.41, 5.74) is 1.12. The predicted octanol–water partition coefficient (Wildman–Crippen LogP) is 3.97. The first-order chi connectivity index (χ1) is 14.0. The Bertz CT molecular complexity index is 1110. The highest BCUT2D eigenvalue weighted by molar-refractivity contribution is 7.18. The lowest BCUT2D eigenvalue weighted by Gasteiger charge is -2.12. The lowest BCUT2D eigenvalue weighted by atomic mass is 9.97. The second-order valence-electron chi connectivity index (χ2n) is 6.81. The summed E-state index contributed by atoms with van der Waals surface area (Å²) < 4.78 is 30.8. The summed E-state index contributed by atoms with van der Waals surface area (Å²) in [6.07, 6.45) is 5.53. The molecule has 2 heterocycles. The van der Waals surface area contributed by atoms with E-state index in [-0.39, 0.29) is 30.0 Å². The molecule has 0 spiro atoms. The van der Waals surface area contributed by atoms with E-state index in [9.17, 15) is 18.4 Å². The first kappa shape index (κ1) is 19.5. The summed E-state index contributed by atoms with van der Waals surface area (Å²) in [6, 6.07) is 5.97. The summed E-state index contributed by atoms with van der Waals surface area (Å²) in [5.74, 6) is -0.518. The number of benzene rings is 1. The molecule has 1 aliphatic carbocycles. The maximum Gasteiger partial charge on any atom is 0.387 e. The van der Waals surface area contributed by atoms with Gasteiger partial charge in [0.1, 0.15) is 10.6 Å². The fourth-order valence-electron chi connectivity index (χ4n) is 3.54. The number of anilines is 1.